The lowest BCUT2D eigenvalue weighted by atomic mass is 9.99. The van der Waals surface area contributed by atoms with Gasteiger partial charge in [-0.05, 0) is 53.1 Å². The fourth-order valence-electron chi connectivity index (χ4n) is 2.24. The molecule has 17 heavy (non-hydrogen) atoms. The third-order valence-electron chi connectivity index (χ3n) is 3.00. The number of aliphatic imine (C=N–C) groups is 1. The minimum absolute atomic E-state index is 0.432. The van der Waals surface area contributed by atoms with Gasteiger partial charge in [0.2, 0.25) is 0 Å². The number of hydrogen-bond donors (Lipinski definition) is 2. The molecule has 0 amide bonds. The van der Waals surface area contributed by atoms with Gasteiger partial charge in [0.1, 0.15) is 0 Å². The maximum Gasteiger partial charge on any atom is 0.191 e. The molecule has 1 aliphatic heterocycles. The van der Waals surface area contributed by atoms with E-state index in [9.17, 15) is 0 Å². The van der Waals surface area contributed by atoms with Crippen molar-refractivity contribution >= 4 is 5.96 Å². The summed E-state index contributed by atoms with van der Waals surface area (Å²) in [4.78, 5) is 7.09. The Morgan fingerprint density at radius 2 is 2.24 bits per heavy atom. The highest BCUT2D eigenvalue weighted by Gasteiger charge is 2.16. The van der Waals surface area contributed by atoms with Crippen molar-refractivity contribution in [2.45, 2.75) is 39.7 Å². The van der Waals surface area contributed by atoms with Crippen LogP contribution in [0.15, 0.2) is 4.99 Å². The van der Waals surface area contributed by atoms with E-state index in [1.54, 1.807) is 0 Å². The summed E-state index contributed by atoms with van der Waals surface area (Å²) >= 11 is 0. The molecule has 100 valence electrons. The second-order valence-electron chi connectivity index (χ2n) is 5.29. The summed E-state index contributed by atoms with van der Waals surface area (Å²) in [5, 5.41) is 6.65. The van der Waals surface area contributed by atoms with Crippen molar-refractivity contribution < 1.29 is 0 Å². The molecule has 0 aromatic carbocycles. The fraction of sp³-hybridized carbons (Fsp3) is 0.923. The van der Waals surface area contributed by atoms with Crippen molar-refractivity contribution in [1.82, 2.24) is 15.5 Å². The van der Waals surface area contributed by atoms with Gasteiger partial charge in [0.25, 0.3) is 0 Å². The summed E-state index contributed by atoms with van der Waals surface area (Å²) in [6.45, 7) is 10.7. The predicted octanol–water partition coefficient (Wildman–Crippen LogP) is 1.29. The van der Waals surface area contributed by atoms with Gasteiger partial charge in [-0.15, -0.1) is 0 Å². The van der Waals surface area contributed by atoms with E-state index >= 15 is 0 Å². The van der Waals surface area contributed by atoms with Crippen LogP contribution in [0.2, 0.25) is 0 Å². The molecule has 0 radical (unpaired) electrons. The second-order valence-corrected chi connectivity index (χ2v) is 5.29. The summed E-state index contributed by atoms with van der Waals surface area (Å²) < 4.78 is 0. The Bertz CT molecular complexity index is 238. The Morgan fingerprint density at radius 3 is 2.82 bits per heavy atom. The Hall–Kier alpha value is -0.770. The first-order valence-corrected chi connectivity index (χ1v) is 6.85. The Kier molecular flexibility index (Phi) is 6.34. The van der Waals surface area contributed by atoms with Crippen LogP contribution >= 0.6 is 0 Å². The van der Waals surface area contributed by atoms with Crippen LogP contribution in [0.3, 0.4) is 0 Å². The number of piperidine rings is 1. The standard InChI is InChI=1S/C13H28N4/c1-5-14-13(16-11(2)3)15-9-12-7-6-8-17(4)10-12/h11-12H,5-10H2,1-4H3,(H2,14,15,16). The normalized spacial score (nSPS) is 22.9. The quantitative estimate of drug-likeness (QED) is 0.574. The van der Waals surface area contributed by atoms with Crippen LogP contribution in [-0.4, -0.2) is 50.1 Å². The molecule has 0 aromatic heterocycles. The molecule has 1 atom stereocenters. The number of rotatable bonds is 4. The van der Waals surface area contributed by atoms with Crippen molar-refractivity contribution in [3.05, 3.63) is 0 Å². The van der Waals surface area contributed by atoms with Crippen LogP contribution < -0.4 is 10.6 Å². The molecule has 1 saturated heterocycles. The van der Waals surface area contributed by atoms with E-state index in [-0.39, 0.29) is 0 Å². The smallest absolute Gasteiger partial charge is 0.191 e. The highest BCUT2D eigenvalue weighted by Crippen LogP contribution is 2.14. The lowest BCUT2D eigenvalue weighted by Crippen LogP contribution is -2.42. The summed E-state index contributed by atoms with van der Waals surface area (Å²) in [5.74, 6) is 1.67. The molecule has 4 heteroatoms. The number of nitrogens with one attached hydrogen (secondary N) is 2. The molecule has 0 saturated carbocycles. The van der Waals surface area contributed by atoms with E-state index < -0.39 is 0 Å². The lowest BCUT2D eigenvalue weighted by molar-refractivity contribution is 0.214. The van der Waals surface area contributed by atoms with Gasteiger partial charge in [-0.25, -0.2) is 0 Å². The van der Waals surface area contributed by atoms with Gasteiger partial charge in [0.05, 0.1) is 0 Å². The van der Waals surface area contributed by atoms with Crippen LogP contribution in [0.1, 0.15) is 33.6 Å². The molecule has 1 aliphatic rings. The van der Waals surface area contributed by atoms with Gasteiger partial charge in [0, 0.05) is 25.7 Å². The maximum absolute atomic E-state index is 4.68. The Morgan fingerprint density at radius 1 is 1.47 bits per heavy atom. The number of nitrogens with zero attached hydrogens (tertiary/aromatic N) is 2. The first-order chi connectivity index (χ1) is 8.11. The van der Waals surface area contributed by atoms with Crippen molar-refractivity contribution in [3.8, 4) is 0 Å². The zero-order valence-electron chi connectivity index (χ0n) is 11.8. The van der Waals surface area contributed by atoms with Gasteiger partial charge in [-0.1, -0.05) is 0 Å². The average Bonchev–Trinajstić information content (AvgIpc) is 2.26. The van der Waals surface area contributed by atoms with Crippen molar-refractivity contribution in [1.29, 1.82) is 0 Å². The first-order valence-electron chi connectivity index (χ1n) is 6.85. The highest BCUT2D eigenvalue weighted by molar-refractivity contribution is 5.79. The van der Waals surface area contributed by atoms with E-state index in [1.807, 2.05) is 0 Å². The Balaban J connectivity index is 2.41. The first kappa shape index (κ1) is 14.3. The molecular weight excluding hydrogens is 212 g/mol. The summed E-state index contributed by atoms with van der Waals surface area (Å²) in [6, 6.07) is 0.432. The van der Waals surface area contributed by atoms with Crippen molar-refractivity contribution in [2.75, 3.05) is 33.2 Å². The molecule has 0 aromatic rings. The zero-order chi connectivity index (χ0) is 12.7. The molecule has 2 N–H and O–H groups in total. The van der Waals surface area contributed by atoms with Crippen molar-refractivity contribution in [3.63, 3.8) is 0 Å². The number of guanidine groups is 1. The number of likely N-dealkylation sites (tertiary alicyclic amines) is 1. The molecule has 1 fully saturated rings. The minimum Gasteiger partial charge on any atom is -0.357 e. The molecule has 0 bridgehead atoms. The van der Waals surface area contributed by atoms with Crippen molar-refractivity contribution in [2.24, 2.45) is 10.9 Å². The predicted molar refractivity (Wildman–Crippen MR) is 74.5 cm³/mol. The molecule has 1 unspecified atom stereocenters. The monoisotopic (exact) mass is 240 g/mol. The fourth-order valence-corrected chi connectivity index (χ4v) is 2.24. The largest absolute Gasteiger partial charge is 0.357 e. The molecule has 4 nitrogen and oxygen atoms in total. The van der Waals surface area contributed by atoms with Crippen LogP contribution in [-0.2, 0) is 0 Å². The Labute approximate surface area is 106 Å². The van der Waals surface area contributed by atoms with Crippen LogP contribution in [0, 0.1) is 5.92 Å². The van der Waals surface area contributed by atoms with E-state index in [4.69, 9.17) is 0 Å². The molecule has 0 spiro atoms. The molecule has 0 aliphatic carbocycles. The second kappa shape index (κ2) is 7.54. The summed E-state index contributed by atoms with van der Waals surface area (Å²) in [5.41, 5.74) is 0. The van der Waals surface area contributed by atoms with E-state index in [2.05, 4.69) is 48.3 Å². The minimum atomic E-state index is 0.432. The number of hydrogen-bond acceptors (Lipinski definition) is 2. The van der Waals surface area contributed by atoms with E-state index in [0.717, 1.165) is 25.0 Å². The molecular formula is C13H28N4. The maximum atomic E-state index is 4.68. The van der Waals surface area contributed by atoms with Crippen LogP contribution in [0.5, 0.6) is 0 Å². The van der Waals surface area contributed by atoms with Gasteiger partial charge >= 0.3 is 0 Å². The van der Waals surface area contributed by atoms with E-state index in [0.29, 0.717) is 6.04 Å². The van der Waals surface area contributed by atoms with E-state index in [1.165, 1.54) is 25.9 Å². The average molecular weight is 240 g/mol. The van der Waals surface area contributed by atoms with Crippen LogP contribution in [0.4, 0.5) is 0 Å². The highest BCUT2D eigenvalue weighted by atomic mass is 15.2. The SMILES string of the molecule is CCNC(=NCC1CCCN(C)C1)NC(C)C. The molecule has 1 rings (SSSR count). The summed E-state index contributed by atoms with van der Waals surface area (Å²) in [7, 11) is 2.20. The lowest BCUT2D eigenvalue weighted by Gasteiger charge is -2.28. The topological polar surface area (TPSA) is 39.7 Å². The third-order valence-corrected chi connectivity index (χ3v) is 3.00. The summed E-state index contributed by atoms with van der Waals surface area (Å²) in [6.07, 6.45) is 2.62. The van der Waals surface area contributed by atoms with Gasteiger partial charge in [-0.3, -0.25) is 4.99 Å². The molecule has 1 heterocycles. The van der Waals surface area contributed by atoms with Gasteiger partial charge in [0.15, 0.2) is 5.96 Å². The van der Waals surface area contributed by atoms with Crippen LogP contribution in [0.25, 0.3) is 0 Å². The third kappa shape index (κ3) is 5.91. The zero-order valence-corrected chi connectivity index (χ0v) is 11.8. The van der Waals surface area contributed by atoms with Gasteiger partial charge in [-0.2, -0.15) is 0 Å². The van der Waals surface area contributed by atoms with Gasteiger partial charge < -0.3 is 15.5 Å².